The number of aryl methyl sites for hydroxylation is 1. The molecule has 1 aliphatic heterocycles. The molecule has 0 unspecified atom stereocenters. The second-order valence-corrected chi connectivity index (χ2v) is 9.13. The lowest BCUT2D eigenvalue weighted by Crippen LogP contribution is -2.40. The monoisotopic (exact) mass is 406 g/mol. The lowest BCUT2D eigenvalue weighted by molar-refractivity contribution is 0.147. The summed E-state index contributed by atoms with van der Waals surface area (Å²) in [6.07, 6.45) is 6.90. The number of aromatic nitrogens is 5. The summed E-state index contributed by atoms with van der Waals surface area (Å²) in [6.45, 7) is 6.24. The fourth-order valence-corrected chi connectivity index (χ4v) is 5.18. The number of pyridine rings is 1. The SMILES string of the molecule is Cc1cccc2cc([C@H](c3nnnn3C3CCCC3)N3CCC(C)CC3)c(=O)[nH]c12. The van der Waals surface area contributed by atoms with E-state index in [4.69, 9.17) is 0 Å². The third-order valence-electron chi connectivity index (χ3n) is 7.03. The standard InChI is InChI=1S/C23H30N6O/c1-15-10-12-28(13-11-15)21(22-25-26-27-29(22)18-8-3-4-9-18)19-14-17-7-5-6-16(2)20(17)24-23(19)30/h5-7,14-15,18,21H,3-4,8-13H2,1-2H3,(H,24,30)/t21-/m1/s1. The van der Waals surface area contributed by atoms with Crippen molar-refractivity contribution in [1.82, 2.24) is 30.1 Å². The van der Waals surface area contributed by atoms with E-state index >= 15 is 0 Å². The molecule has 5 rings (SSSR count). The fraction of sp³-hybridized carbons (Fsp3) is 0.565. The average Bonchev–Trinajstić information content (AvgIpc) is 3.43. The molecule has 1 saturated carbocycles. The molecule has 2 fully saturated rings. The third-order valence-corrected chi connectivity index (χ3v) is 7.03. The van der Waals surface area contributed by atoms with Crippen molar-refractivity contribution >= 4 is 10.9 Å². The third kappa shape index (κ3) is 3.45. The van der Waals surface area contributed by atoms with Crippen LogP contribution in [0.5, 0.6) is 0 Å². The van der Waals surface area contributed by atoms with Crippen LogP contribution in [0.15, 0.2) is 29.1 Å². The Morgan fingerprint density at radius 2 is 1.90 bits per heavy atom. The van der Waals surface area contributed by atoms with Gasteiger partial charge in [-0.2, -0.15) is 0 Å². The van der Waals surface area contributed by atoms with Crippen molar-refractivity contribution in [2.45, 2.75) is 64.5 Å². The maximum absolute atomic E-state index is 13.3. The molecule has 0 amide bonds. The van der Waals surface area contributed by atoms with E-state index in [1.165, 1.54) is 12.8 Å². The molecule has 1 aromatic carbocycles. The van der Waals surface area contributed by atoms with Gasteiger partial charge in [-0.15, -0.1) is 5.10 Å². The normalized spacial score (nSPS) is 20.2. The molecule has 30 heavy (non-hydrogen) atoms. The topological polar surface area (TPSA) is 79.7 Å². The summed E-state index contributed by atoms with van der Waals surface area (Å²) in [6, 6.07) is 8.31. The second kappa shape index (κ2) is 7.95. The summed E-state index contributed by atoms with van der Waals surface area (Å²) < 4.78 is 2.01. The number of hydrogen-bond donors (Lipinski definition) is 1. The molecule has 0 spiro atoms. The number of H-pyrrole nitrogens is 1. The van der Waals surface area contributed by atoms with Crippen molar-refractivity contribution in [3.05, 3.63) is 51.6 Å². The predicted octanol–water partition coefficient (Wildman–Crippen LogP) is 3.76. The first kappa shape index (κ1) is 19.4. The molecule has 0 radical (unpaired) electrons. The zero-order valence-corrected chi connectivity index (χ0v) is 17.8. The Labute approximate surface area is 176 Å². The minimum atomic E-state index is -0.221. The molecule has 7 heteroatoms. The Morgan fingerprint density at radius 1 is 1.13 bits per heavy atom. The highest BCUT2D eigenvalue weighted by atomic mass is 16.1. The van der Waals surface area contributed by atoms with Crippen LogP contribution in [0.3, 0.4) is 0 Å². The van der Waals surface area contributed by atoms with Gasteiger partial charge in [0.25, 0.3) is 5.56 Å². The number of aromatic amines is 1. The summed E-state index contributed by atoms with van der Waals surface area (Å²) in [5, 5.41) is 14.0. The zero-order chi connectivity index (χ0) is 20.7. The lowest BCUT2D eigenvalue weighted by atomic mass is 9.95. The number of benzene rings is 1. The quantitative estimate of drug-likeness (QED) is 0.714. The Morgan fingerprint density at radius 3 is 2.67 bits per heavy atom. The van der Waals surface area contributed by atoms with Crippen LogP contribution >= 0.6 is 0 Å². The van der Waals surface area contributed by atoms with Gasteiger partial charge >= 0.3 is 0 Å². The molecular formula is C23H30N6O. The highest BCUT2D eigenvalue weighted by Gasteiger charge is 2.34. The minimum absolute atomic E-state index is 0.0404. The van der Waals surface area contributed by atoms with Crippen molar-refractivity contribution in [1.29, 1.82) is 0 Å². The number of nitrogens with zero attached hydrogens (tertiary/aromatic N) is 5. The summed E-state index contributed by atoms with van der Waals surface area (Å²) in [5.74, 6) is 1.53. The van der Waals surface area contributed by atoms with Crippen molar-refractivity contribution in [2.24, 2.45) is 5.92 Å². The van der Waals surface area contributed by atoms with Crippen molar-refractivity contribution in [3.8, 4) is 0 Å². The molecular weight excluding hydrogens is 376 g/mol. The van der Waals surface area contributed by atoms with Crippen LogP contribution in [0, 0.1) is 12.8 Å². The van der Waals surface area contributed by atoms with Crippen LogP contribution in [-0.4, -0.2) is 43.2 Å². The minimum Gasteiger partial charge on any atom is -0.321 e. The molecule has 3 heterocycles. The highest BCUT2D eigenvalue weighted by molar-refractivity contribution is 5.82. The van der Waals surface area contributed by atoms with E-state index in [0.717, 1.165) is 66.6 Å². The van der Waals surface area contributed by atoms with Gasteiger partial charge in [-0.05, 0) is 79.1 Å². The maximum atomic E-state index is 13.3. The van der Waals surface area contributed by atoms with Crippen LogP contribution in [0.1, 0.15) is 74.5 Å². The Balaban J connectivity index is 1.64. The van der Waals surface area contributed by atoms with Crippen LogP contribution in [0.2, 0.25) is 0 Å². The first-order chi connectivity index (χ1) is 14.6. The number of para-hydroxylation sites is 1. The molecule has 3 aromatic rings. The molecule has 7 nitrogen and oxygen atoms in total. The van der Waals surface area contributed by atoms with E-state index in [2.05, 4.69) is 44.5 Å². The van der Waals surface area contributed by atoms with Gasteiger partial charge in [0.1, 0.15) is 6.04 Å². The molecule has 2 aliphatic rings. The van der Waals surface area contributed by atoms with E-state index in [1.54, 1.807) is 0 Å². The molecule has 1 saturated heterocycles. The highest BCUT2D eigenvalue weighted by Crippen LogP contribution is 2.35. The van der Waals surface area contributed by atoms with Crippen LogP contribution < -0.4 is 5.56 Å². The van der Waals surface area contributed by atoms with E-state index in [0.29, 0.717) is 12.0 Å². The fourth-order valence-electron chi connectivity index (χ4n) is 5.18. The Hall–Kier alpha value is -2.54. The molecule has 1 atom stereocenters. The van der Waals surface area contributed by atoms with Crippen LogP contribution in [0.4, 0.5) is 0 Å². The van der Waals surface area contributed by atoms with Crippen molar-refractivity contribution in [3.63, 3.8) is 0 Å². The second-order valence-electron chi connectivity index (χ2n) is 9.13. The number of rotatable bonds is 4. The first-order valence-electron chi connectivity index (χ1n) is 11.3. The van der Waals surface area contributed by atoms with Crippen LogP contribution in [0.25, 0.3) is 10.9 Å². The van der Waals surface area contributed by atoms with Crippen molar-refractivity contribution < 1.29 is 0 Å². The predicted molar refractivity (Wildman–Crippen MR) is 116 cm³/mol. The number of fused-ring (bicyclic) bond motifs is 1. The molecule has 2 aromatic heterocycles. The molecule has 0 bridgehead atoms. The van der Waals surface area contributed by atoms with Gasteiger partial charge in [0, 0.05) is 5.56 Å². The Kier molecular flexibility index (Phi) is 5.15. The van der Waals surface area contributed by atoms with Gasteiger partial charge in [-0.3, -0.25) is 9.69 Å². The Bertz CT molecular complexity index is 1090. The summed E-state index contributed by atoms with van der Waals surface area (Å²) >= 11 is 0. The van der Waals surface area contributed by atoms with Gasteiger partial charge in [0.15, 0.2) is 5.82 Å². The lowest BCUT2D eigenvalue weighted by Gasteiger charge is -2.36. The molecule has 1 aliphatic carbocycles. The van der Waals surface area contributed by atoms with E-state index < -0.39 is 0 Å². The molecule has 1 N–H and O–H groups in total. The summed E-state index contributed by atoms with van der Waals surface area (Å²) in [7, 11) is 0. The summed E-state index contributed by atoms with van der Waals surface area (Å²) in [4.78, 5) is 18.9. The van der Waals surface area contributed by atoms with Gasteiger partial charge < -0.3 is 4.98 Å². The average molecular weight is 407 g/mol. The number of piperidine rings is 1. The number of hydrogen-bond acceptors (Lipinski definition) is 5. The van der Waals surface area contributed by atoms with Gasteiger partial charge in [-0.1, -0.05) is 38.0 Å². The zero-order valence-electron chi connectivity index (χ0n) is 17.8. The number of nitrogens with one attached hydrogen (secondary N) is 1. The first-order valence-corrected chi connectivity index (χ1v) is 11.3. The van der Waals surface area contributed by atoms with Crippen molar-refractivity contribution in [2.75, 3.05) is 13.1 Å². The molecule has 158 valence electrons. The number of likely N-dealkylation sites (tertiary alicyclic amines) is 1. The smallest absolute Gasteiger partial charge is 0.253 e. The van der Waals surface area contributed by atoms with E-state index in [1.807, 2.05) is 23.7 Å². The van der Waals surface area contributed by atoms with Gasteiger partial charge in [0.05, 0.1) is 11.6 Å². The van der Waals surface area contributed by atoms with E-state index in [9.17, 15) is 4.79 Å². The van der Waals surface area contributed by atoms with Crippen LogP contribution in [-0.2, 0) is 0 Å². The largest absolute Gasteiger partial charge is 0.321 e. The van der Waals surface area contributed by atoms with Gasteiger partial charge in [-0.25, -0.2) is 4.68 Å². The van der Waals surface area contributed by atoms with Gasteiger partial charge in [0.2, 0.25) is 0 Å². The van der Waals surface area contributed by atoms with E-state index in [-0.39, 0.29) is 11.6 Å². The summed E-state index contributed by atoms with van der Waals surface area (Å²) in [5.41, 5.74) is 2.70. The maximum Gasteiger partial charge on any atom is 0.253 e. The number of tetrazole rings is 1.